The fraction of sp³-hybridized carbons (Fsp3) is 0.926. The van der Waals surface area contributed by atoms with Crippen molar-refractivity contribution in [1.29, 1.82) is 0 Å². The molecule has 170 valence electrons. The summed E-state index contributed by atoms with van der Waals surface area (Å²) < 4.78 is 6.64. The molecule has 5 aliphatic rings. The molecule has 4 aliphatic carbocycles. The molecule has 0 saturated heterocycles. The Labute approximate surface area is 183 Å². The van der Waals surface area contributed by atoms with Crippen LogP contribution in [0.2, 0.25) is 0 Å². The number of aliphatic hydroxyl groups is 2. The van der Waals surface area contributed by atoms with Crippen molar-refractivity contribution in [3.8, 4) is 0 Å². The molecule has 0 aromatic carbocycles. The molecule has 2 N–H and O–H groups in total. The van der Waals surface area contributed by atoms with E-state index in [1.807, 2.05) is 0 Å². The van der Waals surface area contributed by atoms with Crippen LogP contribution < -0.4 is 0 Å². The van der Waals surface area contributed by atoms with Crippen LogP contribution in [0, 0.1) is 46.3 Å². The van der Waals surface area contributed by atoms with Crippen LogP contribution in [0.4, 0.5) is 0 Å². The van der Waals surface area contributed by atoms with E-state index < -0.39 is 0 Å². The molecule has 5 rings (SSSR count). The Morgan fingerprint density at radius 2 is 1.80 bits per heavy atom. The van der Waals surface area contributed by atoms with Gasteiger partial charge in [0, 0.05) is 18.9 Å². The van der Waals surface area contributed by atoms with Gasteiger partial charge in [-0.15, -0.1) is 0 Å². The quantitative estimate of drug-likeness (QED) is 0.618. The van der Waals surface area contributed by atoms with Crippen LogP contribution in [0.3, 0.4) is 0 Å². The van der Waals surface area contributed by atoms with Gasteiger partial charge >= 0.3 is 0 Å². The van der Waals surface area contributed by atoms with E-state index in [0.717, 1.165) is 49.4 Å². The number of hydrogen-bond acceptors (Lipinski definition) is 3. The van der Waals surface area contributed by atoms with E-state index in [1.54, 1.807) is 0 Å². The highest BCUT2D eigenvalue weighted by Crippen LogP contribution is 2.69. The zero-order valence-electron chi connectivity index (χ0n) is 19.7. The zero-order chi connectivity index (χ0) is 21.3. The number of allylic oxidation sites excluding steroid dienone is 1. The predicted molar refractivity (Wildman–Crippen MR) is 120 cm³/mol. The predicted octanol–water partition coefficient (Wildman–Crippen LogP) is 5.70. The molecular formula is C27H44O3. The van der Waals surface area contributed by atoms with Gasteiger partial charge in [-0.25, -0.2) is 0 Å². The first-order valence-electron chi connectivity index (χ1n) is 12.9. The van der Waals surface area contributed by atoms with Crippen molar-refractivity contribution in [3.05, 3.63) is 11.3 Å². The normalized spacial score (nSPS) is 50.9. The van der Waals surface area contributed by atoms with Gasteiger partial charge in [0.15, 0.2) is 0 Å². The highest BCUT2D eigenvalue weighted by molar-refractivity contribution is 5.26. The molecule has 0 aromatic rings. The Morgan fingerprint density at radius 1 is 1.03 bits per heavy atom. The van der Waals surface area contributed by atoms with E-state index in [-0.39, 0.29) is 12.7 Å². The summed E-state index contributed by atoms with van der Waals surface area (Å²) in [4.78, 5) is 0. The van der Waals surface area contributed by atoms with Gasteiger partial charge in [-0.2, -0.15) is 0 Å². The van der Waals surface area contributed by atoms with Gasteiger partial charge in [0.25, 0.3) is 0 Å². The Hall–Kier alpha value is -0.540. The number of fused-ring (bicyclic) bond motifs is 7. The van der Waals surface area contributed by atoms with Crippen molar-refractivity contribution in [2.24, 2.45) is 46.3 Å². The Kier molecular flexibility index (Phi) is 5.33. The molecule has 30 heavy (non-hydrogen) atoms. The van der Waals surface area contributed by atoms with Crippen molar-refractivity contribution in [1.82, 2.24) is 0 Å². The maximum Gasteiger partial charge on any atom is 0.106 e. The molecule has 4 saturated carbocycles. The first kappa shape index (κ1) is 21.3. The number of ether oxygens (including phenoxy) is 1. The van der Waals surface area contributed by atoms with Crippen molar-refractivity contribution >= 4 is 0 Å². The van der Waals surface area contributed by atoms with Gasteiger partial charge < -0.3 is 14.9 Å². The Bertz CT molecular complexity index is 700. The van der Waals surface area contributed by atoms with Crippen LogP contribution in [-0.4, -0.2) is 29.0 Å². The zero-order valence-corrected chi connectivity index (χ0v) is 19.7. The first-order chi connectivity index (χ1) is 14.3. The van der Waals surface area contributed by atoms with Crippen LogP contribution in [0.1, 0.15) is 91.9 Å². The third-order valence-corrected chi connectivity index (χ3v) is 11.0. The minimum atomic E-state index is -0.0486. The van der Waals surface area contributed by atoms with Crippen LogP contribution in [0.15, 0.2) is 11.3 Å². The van der Waals surface area contributed by atoms with E-state index >= 15 is 0 Å². The second kappa shape index (κ2) is 7.51. The van der Waals surface area contributed by atoms with E-state index in [4.69, 9.17) is 4.74 Å². The van der Waals surface area contributed by atoms with E-state index in [2.05, 4.69) is 27.7 Å². The Morgan fingerprint density at radius 3 is 2.57 bits per heavy atom. The molecule has 1 aliphatic heterocycles. The monoisotopic (exact) mass is 416 g/mol. The molecule has 0 unspecified atom stereocenters. The van der Waals surface area contributed by atoms with Gasteiger partial charge in [-0.3, -0.25) is 0 Å². The number of aliphatic hydroxyl groups excluding tert-OH is 2. The van der Waals surface area contributed by atoms with Crippen LogP contribution in [0.5, 0.6) is 0 Å². The molecule has 0 aromatic heterocycles. The average molecular weight is 417 g/mol. The van der Waals surface area contributed by atoms with Gasteiger partial charge in [-0.1, -0.05) is 20.8 Å². The van der Waals surface area contributed by atoms with Gasteiger partial charge in [0.2, 0.25) is 0 Å². The topological polar surface area (TPSA) is 49.7 Å². The molecule has 0 bridgehead atoms. The summed E-state index contributed by atoms with van der Waals surface area (Å²) in [5.74, 6) is 5.49. The smallest absolute Gasteiger partial charge is 0.106 e. The SMILES string of the molecule is CC1=C(CC[C@@H](C)CO)O[C@H]2C[C@@H]3[C@@H]4CC[C@H]5C[C@H](O)CC[C@]5(C)[C@@H]4CC[C@]3(C)[C@@H]12. The van der Waals surface area contributed by atoms with Crippen LogP contribution in [0.25, 0.3) is 0 Å². The van der Waals surface area contributed by atoms with Crippen LogP contribution in [-0.2, 0) is 4.74 Å². The fourth-order valence-corrected chi connectivity index (χ4v) is 9.29. The maximum atomic E-state index is 10.3. The van der Waals surface area contributed by atoms with Crippen molar-refractivity contribution in [3.63, 3.8) is 0 Å². The highest BCUT2D eigenvalue weighted by Gasteiger charge is 2.64. The molecule has 1 heterocycles. The summed E-state index contributed by atoms with van der Waals surface area (Å²) in [6, 6.07) is 0. The molecule has 3 nitrogen and oxygen atoms in total. The highest BCUT2D eigenvalue weighted by atomic mass is 16.5. The van der Waals surface area contributed by atoms with Gasteiger partial charge in [-0.05, 0) is 111 Å². The van der Waals surface area contributed by atoms with E-state index in [1.165, 1.54) is 49.9 Å². The van der Waals surface area contributed by atoms with Gasteiger partial charge in [0.05, 0.1) is 11.9 Å². The standard InChI is InChI=1S/C27H44O3/c1-16(15-28)5-8-23-17(2)25-24(30-23)14-22-20-7-6-18-13-19(29)9-11-26(18,3)21(20)10-12-27(22,25)4/h16,18-22,24-25,28-29H,5-15H2,1-4H3/t16-,18+,19-,20-,21-,22-,24+,25+,26+,27+/m1/s1. The lowest BCUT2D eigenvalue weighted by atomic mass is 9.44. The lowest BCUT2D eigenvalue weighted by Gasteiger charge is -2.60. The first-order valence-corrected chi connectivity index (χ1v) is 12.9. The largest absolute Gasteiger partial charge is 0.494 e. The summed E-state index contributed by atoms with van der Waals surface area (Å²) in [7, 11) is 0. The summed E-state index contributed by atoms with van der Waals surface area (Å²) in [5, 5.41) is 19.7. The average Bonchev–Trinajstić information content (AvgIpc) is 3.20. The third-order valence-electron chi connectivity index (χ3n) is 11.0. The minimum Gasteiger partial charge on any atom is -0.494 e. The molecule has 0 amide bonds. The molecule has 0 radical (unpaired) electrons. The maximum absolute atomic E-state index is 10.3. The second-order valence-electron chi connectivity index (χ2n) is 12.4. The molecule has 4 fully saturated rings. The minimum absolute atomic E-state index is 0.0486. The van der Waals surface area contributed by atoms with Crippen molar-refractivity contribution in [2.45, 2.75) is 104 Å². The lowest BCUT2D eigenvalue weighted by Crippen LogP contribution is -2.54. The van der Waals surface area contributed by atoms with Crippen molar-refractivity contribution < 1.29 is 14.9 Å². The molecular weight excluding hydrogens is 372 g/mol. The summed E-state index contributed by atoms with van der Waals surface area (Å²) in [6.45, 7) is 9.94. The number of rotatable bonds is 4. The summed E-state index contributed by atoms with van der Waals surface area (Å²) in [5.41, 5.74) is 2.39. The summed E-state index contributed by atoms with van der Waals surface area (Å²) in [6.07, 6.45) is 12.4. The van der Waals surface area contributed by atoms with E-state index in [0.29, 0.717) is 28.8 Å². The van der Waals surface area contributed by atoms with Crippen molar-refractivity contribution in [2.75, 3.05) is 6.61 Å². The number of hydrogen-bond donors (Lipinski definition) is 2. The van der Waals surface area contributed by atoms with Crippen LogP contribution >= 0.6 is 0 Å². The third kappa shape index (κ3) is 3.04. The summed E-state index contributed by atoms with van der Waals surface area (Å²) >= 11 is 0. The molecule has 3 heteroatoms. The van der Waals surface area contributed by atoms with E-state index in [9.17, 15) is 10.2 Å². The molecule has 0 spiro atoms. The molecule has 10 atom stereocenters. The fourth-order valence-electron chi connectivity index (χ4n) is 9.29. The lowest BCUT2D eigenvalue weighted by molar-refractivity contribution is -0.124. The Balaban J connectivity index is 1.36. The second-order valence-corrected chi connectivity index (χ2v) is 12.4. The van der Waals surface area contributed by atoms with Gasteiger partial charge in [0.1, 0.15) is 6.10 Å².